The zero-order chi connectivity index (χ0) is 12.1. The quantitative estimate of drug-likeness (QED) is 0.835. The van der Waals surface area contributed by atoms with Gasteiger partial charge in [-0.3, -0.25) is 0 Å². The van der Waals surface area contributed by atoms with E-state index in [9.17, 15) is 5.11 Å². The minimum absolute atomic E-state index is 0.117. The van der Waals surface area contributed by atoms with Crippen LogP contribution in [0.1, 0.15) is 37.7 Å². The van der Waals surface area contributed by atoms with E-state index in [4.69, 9.17) is 5.26 Å². The van der Waals surface area contributed by atoms with Gasteiger partial charge in [-0.15, -0.1) is 0 Å². The van der Waals surface area contributed by atoms with Crippen molar-refractivity contribution in [3.8, 4) is 6.07 Å². The molecule has 17 heavy (non-hydrogen) atoms. The van der Waals surface area contributed by atoms with Gasteiger partial charge >= 0.3 is 0 Å². The van der Waals surface area contributed by atoms with Crippen LogP contribution in [0, 0.1) is 11.3 Å². The molecule has 0 radical (unpaired) electrons. The third-order valence-electron chi connectivity index (χ3n) is 3.40. The van der Waals surface area contributed by atoms with Gasteiger partial charge in [0.2, 0.25) is 0 Å². The number of aromatic nitrogens is 1. The molecule has 90 valence electrons. The summed E-state index contributed by atoms with van der Waals surface area (Å²) in [5.41, 5.74) is 0.339. The minimum atomic E-state index is -0.251. The van der Waals surface area contributed by atoms with Gasteiger partial charge < -0.3 is 10.4 Å². The molecule has 2 N–H and O–H groups in total. The zero-order valence-electron chi connectivity index (χ0n) is 9.82. The molecule has 0 bridgehead atoms. The van der Waals surface area contributed by atoms with Crippen molar-refractivity contribution in [2.45, 2.75) is 37.6 Å². The topological polar surface area (TPSA) is 68.9 Å². The summed E-state index contributed by atoms with van der Waals surface area (Å²) in [6.07, 6.45) is 7.03. The number of rotatable bonds is 3. The van der Waals surface area contributed by atoms with Gasteiger partial charge in [-0.1, -0.05) is 19.3 Å². The molecule has 1 saturated carbocycles. The van der Waals surface area contributed by atoms with Crippen molar-refractivity contribution >= 4 is 5.82 Å². The predicted molar refractivity (Wildman–Crippen MR) is 65.5 cm³/mol. The molecular weight excluding hydrogens is 214 g/mol. The Morgan fingerprint density at radius 1 is 1.41 bits per heavy atom. The second kappa shape index (κ2) is 5.15. The van der Waals surface area contributed by atoms with Crippen LogP contribution in [-0.2, 0) is 0 Å². The molecule has 0 amide bonds. The highest BCUT2D eigenvalue weighted by Crippen LogP contribution is 2.30. The molecule has 1 aromatic heterocycles. The van der Waals surface area contributed by atoms with E-state index in [2.05, 4.69) is 16.4 Å². The number of hydrogen-bond acceptors (Lipinski definition) is 4. The Labute approximate surface area is 101 Å². The fourth-order valence-corrected chi connectivity index (χ4v) is 2.39. The third kappa shape index (κ3) is 2.75. The fourth-order valence-electron chi connectivity index (χ4n) is 2.39. The lowest BCUT2D eigenvalue weighted by atomic mass is 9.82. The summed E-state index contributed by atoms with van der Waals surface area (Å²) in [5, 5.41) is 21.7. The Morgan fingerprint density at radius 3 is 2.82 bits per heavy atom. The van der Waals surface area contributed by atoms with E-state index in [1.54, 1.807) is 18.3 Å². The van der Waals surface area contributed by atoms with Crippen molar-refractivity contribution in [3.05, 3.63) is 23.9 Å². The molecule has 2 rings (SSSR count). The van der Waals surface area contributed by atoms with E-state index in [0.717, 1.165) is 25.7 Å². The second-order valence-corrected chi connectivity index (χ2v) is 4.67. The Morgan fingerprint density at radius 2 is 2.18 bits per heavy atom. The Kier molecular flexibility index (Phi) is 3.60. The van der Waals surface area contributed by atoms with Crippen LogP contribution in [0.5, 0.6) is 0 Å². The first-order valence-corrected chi connectivity index (χ1v) is 6.03. The fraction of sp³-hybridized carbons (Fsp3) is 0.538. The molecule has 1 heterocycles. The molecule has 1 aliphatic carbocycles. The Balaban J connectivity index is 2.14. The number of nitrogens with one attached hydrogen (secondary N) is 1. The number of aliphatic hydroxyl groups excluding tert-OH is 1. The SMILES string of the molecule is N#Cc1ccnc(NC2(CO)CCCCC2)c1. The number of hydrogen-bond donors (Lipinski definition) is 2. The van der Waals surface area contributed by atoms with Gasteiger partial charge in [0.1, 0.15) is 5.82 Å². The molecule has 4 heteroatoms. The lowest BCUT2D eigenvalue weighted by molar-refractivity contribution is 0.172. The van der Waals surface area contributed by atoms with Crippen LogP contribution in [0.3, 0.4) is 0 Å². The first-order valence-electron chi connectivity index (χ1n) is 6.03. The van der Waals surface area contributed by atoms with E-state index in [1.165, 1.54) is 6.42 Å². The molecule has 0 aliphatic heterocycles. The van der Waals surface area contributed by atoms with Gasteiger partial charge in [0.05, 0.1) is 23.8 Å². The van der Waals surface area contributed by atoms with Crippen molar-refractivity contribution in [2.75, 3.05) is 11.9 Å². The maximum Gasteiger partial charge on any atom is 0.127 e. The lowest BCUT2D eigenvalue weighted by Gasteiger charge is -2.36. The molecule has 0 saturated heterocycles. The van der Waals surface area contributed by atoms with Crippen molar-refractivity contribution in [1.29, 1.82) is 5.26 Å². The number of nitrogens with zero attached hydrogens (tertiary/aromatic N) is 2. The number of aliphatic hydroxyl groups is 1. The van der Waals surface area contributed by atoms with Crippen LogP contribution < -0.4 is 5.32 Å². The maximum absolute atomic E-state index is 9.57. The molecule has 0 spiro atoms. The molecule has 0 atom stereocenters. The van der Waals surface area contributed by atoms with E-state index in [-0.39, 0.29) is 12.1 Å². The smallest absolute Gasteiger partial charge is 0.127 e. The lowest BCUT2D eigenvalue weighted by Crippen LogP contribution is -2.44. The Bertz CT molecular complexity index is 419. The minimum Gasteiger partial charge on any atom is -0.394 e. The molecule has 0 unspecified atom stereocenters. The van der Waals surface area contributed by atoms with Gasteiger partial charge in [-0.25, -0.2) is 4.98 Å². The van der Waals surface area contributed by atoms with Crippen molar-refractivity contribution in [1.82, 2.24) is 4.98 Å². The first kappa shape index (κ1) is 11.9. The van der Waals surface area contributed by atoms with Crippen molar-refractivity contribution < 1.29 is 5.11 Å². The second-order valence-electron chi connectivity index (χ2n) is 4.67. The standard InChI is InChI=1S/C13H17N3O/c14-9-11-4-7-15-12(8-11)16-13(10-17)5-2-1-3-6-13/h4,7-8,17H,1-3,5-6,10H2,(H,15,16). The van der Waals surface area contributed by atoms with Crippen LogP contribution in [0.2, 0.25) is 0 Å². The Hall–Kier alpha value is -1.60. The van der Waals surface area contributed by atoms with E-state index >= 15 is 0 Å². The molecule has 1 fully saturated rings. The first-order chi connectivity index (χ1) is 8.28. The van der Waals surface area contributed by atoms with E-state index < -0.39 is 0 Å². The highest BCUT2D eigenvalue weighted by molar-refractivity contribution is 5.44. The highest BCUT2D eigenvalue weighted by Gasteiger charge is 2.31. The number of nitriles is 1. The average Bonchev–Trinajstić information content (AvgIpc) is 2.40. The summed E-state index contributed by atoms with van der Waals surface area (Å²) >= 11 is 0. The van der Waals surface area contributed by atoms with Crippen LogP contribution in [0.4, 0.5) is 5.82 Å². The van der Waals surface area contributed by atoms with Crippen LogP contribution >= 0.6 is 0 Å². The van der Waals surface area contributed by atoms with Crippen LogP contribution in [0.15, 0.2) is 18.3 Å². The molecular formula is C13H17N3O. The van der Waals surface area contributed by atoms with Gasteiger partial charge in [0.25, 0.3) is 0 Å². The van der Waals surface area contributed by atoms with Gasteiger partial charge in [-0.2, -0.15) is 5.26 Å². The van der Waals surface area contributed by atoms with Gasteiger partial charge in [0, 0.05) is 6.20 Å². The largest absolute Gasteiger partial charge is 0.394 e. The summed E-state index contributed by atoms with van der Waals surface area (Å²) in [7, 11) is 0. The number of pyridine rings is 1. The van der Waals surface area contributed by atoms with E-state index in [1.807, 2.05) is 0 Å². The van der Waals surface area contributed by atoms with Crippen molar-refractivity contribution in [2.24, 2.45) is 0 Å². The normalized spacial score (nSPS) is 18.4. The van der Waals surface area contributed by atoms with Gasteiger partial charge in [-0.05, 0) is 25.0 Å². The van der Waals surface area contributed by atoms with Crippen LogP contribution in [0.25, 0.3) is 0 Å². The predicted octanol–water partition coefficient (Wildman–Crippen LogP) is 2.06. The molecule has 0 aromatic carbocycles. The molecule has 1 aliphatic rings. The summed E-state index contributed by atoms with van der Waals surface area (Å²) in [5.74, 6) is 0.681. The highest BCUT2D eigenvalue weighted by atomic mass is 16.3. The zero-order valence-corrected chi connectivity index (χ0v) is 9.82. The monoisotopic (exact) mass is 231 g/mol. The molecule has 4 nitrogen and oxygen atoms in total. The molecule has 1 aromatic rings. The van der Waals surface area contributed by atoms with E-state index in [0.29, 0.717) is 11.4 Å². The summed E-state index contributed by atoms with van der Waals surface area (Å²) < 4.78 is 0. The average molecular weight is 231 g/mol. The number of anilines is 1. The third-order valence-corrected chi connectivity index (χ3v) is 3.40. The van der Waals surface area contributed by atoms with Crippen LogP contribution in [-0.4, -0.2) is 22.2 Å². The summed E-state index contributed by atoms with van der Waals surface area (Å²) in [6.45, 7) is 0.117. The summed E-state index contributed by atoms with van der Waals surface area (Å²) in [4.78, 5) is 4.20. The maximum atomic E-state index is 9.57. The van der Waals surface area contributed by atoms with Gasteiger partial charge in [0.15, 0.2) is 0 Å². The summed E-state index contributed by atoms with van der Waals surface area (Å²) in [6, 6.07) is 5.50. The van der Waals surface area contributed by atoms with Crippen molar-refractivity contribution in [3.63, 3.8) is 0 Å².